The van der Waals surface area contributed by atoms with E-state index >= 15 is 0 Å². The van der Waals surface area contributed by atoms with Crippen LogP contribution in [0.5, 0.6) is 0 Å². The van der Waals surface area contributed by atoms with Gasteiger partial charge in [-0.25, -0.2) is 9.97 Å². The fraction of sp³-hybridized carbons (Fsp3) is 0. The van der Waals surface area contributed by atoms with Crippen molar-refractivity contribution in [2.75, 3.05) is 0 Å². The summed E-state index contributed by atoms with van der Waals surface area (Å²) in [5.41, 5.74) is 6.57. The van der Waals surface area contributed by atoms with Crippen molar-refractivity contribution >= 4 is 54.3 Å². The molecule has 0 unspecified atom stereocenters. The van der Waals surface area contributed by atoms with Crippen LogP contribution in [0.4, 0.5) is 0 Å². The highest BCUT2D eigenvalue weighted by Crippen LogP contribution is 2.41. The molecule has 3 heteroatoms. The van der Waals surface area contributed by atoms with Crippen molar-refractivity contribution in [1.82, 2.24) is 9.97 Å². The molecular weight excluding hydrogens is 524 g/mol. The molecule has 0 aliphatic rings. The van der Waals surface area contributed by atoms with Gasteiger partial charge in [0.2, 0.25) is 0 Å². The summed E-state index contributed by atoms with van der Waals surface area (Å²) in [5, 5.41) is 9.39. The maximum Gasteiger partial charge on any atom is 0.160 e. The lowest BCUT2D eigenvalue weighted by Gasteiger charge is -2.16. The van der Waals surface area contributed by atoms with Gasteiger partial charge in [0.25, 0.3) is 0 Å². The monoisotopic (exact) mass is 548 g/mol. The number of furan rings is 1. The number of rotatable bonds is 3. The van der Waals surface area contributed by atoms with Crippen LogP contribution in [0.1, 0.15) is 0 Å². The lowest BCUT2D eigenvalue weighted by molar-refractivity contribution is 0.669. The predicted molar refractivity (Wildman–Crippen MR) is 178 cm³/mol. The molecule has 0 spiro atoms. The van der Waals surface area contributed by atoms with Gasteiger partial charge in [0.1, 0.15) is 11.2 Å². The van der Waals surface area contributed by atoms with E-state index in [1.165, 1.54) is 32.3 Å². The van der Waals surface area contributed by atoms with E-state index in [0.717, 1.165) is 50.0 Å². The second-order valence-corrected chi connectivity index (χ2v) is 11.0. The minimum atomic E-state index is 0.694. The number of hydrogen-bond acceptors (Lipinski definition) is 3. The minimum absolute atomic E-state index is 0.694. The summed E-state index contributed by atoms with van der Waals surface area (Å²) in [5.74, 6) is 0.694. The van der Waals surface area contributed by atoms with Gasteiger partial charge in [-0.2, -0.15) is 0 Å². The van der Waals surface area contributed by atoms with Gasteiger partial charge in [0.05, 0.1) is 11.4 Å². The molecule has 0 aliphatic carbocycles. The zero-order valence-corrected chi connectivity index (χ0v) is 23.2. The fourth-order valence-electron chi connectivity index (χ4n) is 6.43. The summed E-state index contributed by atoms with van der Waals surface area (Å²) in [6.45, 7) is 0. The molecule has 200 valence electrons. The number of nitrogens with zero attached hydrogens (tertiary/aromatic N) is 2. The van der Waals surface area contributed by atoms with Crippen LogP contribution in [0.25, 0.3) is 88.2 Å². The smallest absolute Gasteiger partial charge is 0.160 e. The maximum atomic E-state index is 6.26. The van der Waals surface area contributed by atoms with Crippen LogP contribution in [-0.4, -0.2) is 9.97 Å². The molecule has 9 rings (SSSR count). The zero-order valence-electron chi connectivity index (χ0n) is 23.2. The van der Waals surface area contributed by atoms with E-state index in [4.69, 9.17) is 14.4 Å². The Hall–Kier alpha value is -5.80. The zero-order chi connectivity index (χ0) is 28.3. The van der Waals surface area contributed by atoms with Crippen LogP contribution >= 0.6 is 0 Å². The Bertz CT molecular complexity index is 2510. The highest BCUT2D eigenvalue weighted by molar-refractivity contribution is 6.21. The first-order valence-electron chi connectivity index (χ1n) is 14.5. The Morgan fingerprint density at radius 2 is 1.07 bits per heavy atom. The number of para-hydroxylation sites is 1. The summed E-state index contributed by atoms with van der Waals surface area (Å²) in [6.07, 6.45) is 0. The molecule has 0 saturated carbocycles. The number of fused-ring (bicyclic) bond motifs is 7. The van der Waals surface area contributed by atoms with E-state index in [-0.39, 0.29) is 0 Å². The van der Waals surface area contributed by atoms with Gasteiger partial charge in [0, 0.05) is 27.5 Å². The van der Waals surface area contributed by atoms with E-state index in [2.05, 4.69) is 109 Å². The van der Waals surface area contributed by atoms with Crippen LogP contribution in [0.3, 0.4) is 0 Å². The van der Waals surface area contributed by atoms with E-state index in [9.17, 15) is 0 Å². The van der Waals surface area contributed by atoms with Crippen molar-refractivity contribution in [3.63, 3.8) is 0 Å². The Kier molecular flexibility index (Phi) is 5.20. The molecule has 0 radical (unpaired) electrons. The number of benzene rings is 7. The van der Waals surface area contributed by atoms with Gasteiger partial charge in [0.15, 0.2) is 5.82 Å². The summed E-state index contributed by atoms with van der Waals surface area (Å²) < 4.78 is 6.26. The number of aromatic nitrogens is 2. The van der Waals surface area contributed by atoms with Crippen molar-refractivity contribution in [1.29, 1.82) is 0 Å². The topological polar surface area (TPSA) is 38.9 Å². The van der Waals surface area contributed by atoms with E-state index in [0.29, 0.717) is 5.82 Å². The first-order valence-corrected chi connectivity index (χ1v) is 14.5. The minimum Gasteiger partial charge on any atom is -0.456 e. The highest BCUT2D eigenvalue weighted by atomic mass is 16.3. The Balaban J connectivity index is 1.38. The third kappa shape index (κ3) is 3.83. The first-order chi connectivity index (χ1) is 21.3. The van der Waals surface area contributed by atoms with E-state index in [1.807, 2.05) is 36.4 Å². The lowest BCUT2D eigenvalue weighted by Crippen LogP contribution is -1.97. The molecule has 0 aliphatic heterocycles. The molecular formula is C40H24N2O. The molecule has 7 aromatic carbocycles. The van der Waals surface area contributed by atoms with Crippen molar-refractivity contribution in [3.8, 4) is 33.9 Å². The second-order valence-electron chi connectivity index (χ2n) is 11.0. The SMILES string of the molecule is c1ccc(-c2nc(-c3ccc4c(c3)oc3ccccc34)cc(-c3c4ccccc4cc4ccc5ccccc5c34)n2)cc1. The third-order valence-corrected chi connectivity index (χ3v) is 8.44. The molecule has 3 nitrogen and oxygen atoms in total. The molecule has 0 amide bonds. The second kappa shape index (κ2) is 9.37. The average molecular weight is 549 g/mol. The van der Waals surface area contributed by atoms with Gasteiger partial charge >= 0.3 is 0 Å². The number of hydrogen-bond donors (Lipinski definition) is 0. The standard InChI is InChI=1S/C40H24N2O/c1-2-11-26(12-3-1)40-41-34(28-20-21-33-32-16-8-9-17-36(32)43-37(33)23-28)24-35(42-40)39-31-15-7-5-13-27(31)22-29-19-18-25-10-4-6-14-30(25)38(29)39/h1-24H. The lowest BCUT2D eigenvalue weighted by atomic mass is 9.90. The molecule has 9 aromatic rings. The molecule has 2 aromatic heterocycles. The van der Waals surface area contributed by atoms with Crippen LogP contribution in [0.2, 0.25) is 0 Å². The van der Waals surface area contributed by atoms with Crippen molar-refractivity contribution < 1.29 is 4.42 Å². The van der Waals surface area contributed by atoms with Crippen LogP contribution in [0, 0.1) is 0 Å². The average Bonchev–Trinajstić information content (AvgIpc) is 3.45. The summed E-state index contributed by atoms with van der Waals surface area (Å²) in [4.78, 5) is 10.4. The van der Waals surface area contributed by atoms with Crippen LogP contribution in [0.15, 0.2) is 150 Å². The fourth-order valence-corrected chi connectivity index (χ4v) is 6.43. The van der Waals surface area contributed by atoms with Crippen LogP contribution in [-0.2, 0) is 0 Å². The summed E-state index contributed by atoms with van der Waals surface area (Å²) >= 11 is 0. The van der Waals surface area contributed by atoms with E-state index in [1.54, 1.807) is 0 Å². The summed E-state index contributed by atoms with van der Waals surface area (Å²) in [6, 6.07) is 50.9. The van der Waals surface area contributed by atoms with Crippen molar-refractivity contribution in [2.24, 2.45) is 0 Å². The maximum absolute atomic E-state index is 6.26. The third-order valence-electron chi connectivity index (χ3n) is 8.44. The van der Waals surface area contributed by atoms with Gasteiger partial charge in [-0.05, 0) is 62.6 Å². The van der Waals surface area contributed by atoms with Gasteiger partial charge in [-0.1, -0.05) is 115 Å². The normalized spacial score (nSPS) is 11.7. The molecule has 0 N–H and O–H groups in total. The molecule has 0 bridgehead atoms. The quantitative estimate of drug-likeness (QED) is 0.163. The molecule has 43 heavy (non-hydrogen) atoms. The highest BCUT2D eigenvalue weighted by Gasteiger charge is 2.18. The summed E-state index contributed by atoms with van der Waals surface area (Å²) in [7, 11) is 0. The van der Waals surface area contributed by atoms with Crippen molar-refractivity contribution in [3.05, 3.63) is 146 Å². The largest absolute Gasteiger partial charge is 0.456 e. The van der Waals surface area contributed by atoms with E-state index < -0.39 is 0 Å². The Morgan fingerprint density at radius 1 is 0.395 bits per heavy atom. The Morgan fingerprint density at radius 3 is 1.95 bits per heavy atom. The molecule has 2 heterocycles. The van der Waals surface area contributed by atoms with Gasteiger partial charge in [-0.15, -0.1) is 0 Å². The Labute approximate surface area is 247 Å². The predicted octanol–water partition coefficient (Wildman–Crippen LogP) is 10.8. The van der Waals surface area contributed by atoms with Gasteiger partial charge < -0.3 is 4.42 Å². The molecule has 0 fully saturated rings. The molecule has 0 atom stereocenters. The van der Waals surface area contributed by atoms with Gasteiger partial charge in [-0.3, -0.25) is 0 Å². The molecule has 0 saturated heterocycles. The van der Waals surface area contributed by atoms with Crippen LogP contribution < -0.4 is 0 Å². The van der Waals surface area contributed by atoms with Crippen molar-refractivity contribution in [2.45, 2.75) is 0 Å². The first kappa shape index (κ1) is 23.9.